The van der Waals surface area contributed by atoms with Gasteiger partial charge in [0.25, 0.3) is 5.56 Å². The fraction of sp³-hybridized carbons (Fsp3) is 0.353. The lowest BCUT2D eigenvalue weighted by molar-refractivity contribution is -0.121. The van der Waals surface area contributed by atoms with Gasteiger partial charge in [-0.15, -0.1) is 0 Å². The number of aryl methyl sites for hydroxylation is 1. The Balaban J connectivity index is 1.84. The van der Waals surface area contributed by atoms with Crippen molar-refractivity contribution in [2.24, 2.45) is 0 Å². The Hall–Kier alpha value is -2.15. The number of nitrogens with zero attached hydrogens (tertiary/aromatic N) is 1. The van der Waals surface area contributed by atoms with E-state index in [4.69, 9.17) is 0 Å². The number of carbonyl (C=O) groups excluding carboxylic acids is 1. The maximum Gasteiger partial charge on any atom is 0.254 e. The van der Waals surface area contributed by atoms with Crippen molar-refractivity contribution in [3.8, 4) is 0 Å². The van der Waals surface area contributed by atoms with Gasteiger partial charge in [0.15, 0.2) is 5.16 Å². The average Bonchev–Trinajstić information content (AvgIpc) is 2.55. The van der Waals surface area contributed by atoms with Gasteiger partial charge in [-0.2, -0.15) is 0 Å². The average molecular weight is 349 g/mol. The van der Waals surface area contributed by atoms with Crippen molar-refractivity contribution in [3.05, 3.63) is 57.3 Å². The minimum Gasteiger partial charge on any atom is -0.356 e. The van der Waals surface area contributed by atoms with E-state index in [2.05, 4.69) is 15.3 Å². The number of rotatable bonds is 7. The van der Waals surface area contributed by atoms with E-state index in [-0.39, 0.29) is 23.7 Å². The fourth-order valence-corrected chi connectivity index (χ4v) is 2.76. The number of hydrogen-bond acceptors (Lipinski definition) is 4. The number of aromatic amines is 1. The predicted molar refractivity (Wildman–Crippen MR) is 92.8 cm³/mol. The molecule has 0 aliphatic heterocycles. The van der Waals surface area contributed by atoms with Crippen LogP contribution in [0.1, 0.15) is 23.2 Å². The van der Waals surface area contributed by atoms with E-state index in [0.717, 1.165) is 0 Å². The monoisotopic (exact) mass is 349 g/mol. The first-order valence-electron chi connectivity index (χ1n) is 7.65. The number of halogens is 1. The number of thioether (sulfide) groups is 1. The first-order valence-corrected chi connectivity index (χ1v) is 8.87. The summed E-state index contributed by atoms with van der Waals surface area (Å²) in [7, 11) is 0. The van der Waals surface area contributed by atoms with Gasteiger partial charge < -0.3 is 10.3 Å². The summed E-state index contributed by atoms with van der Waals surface area (Å²) in [5.74, 6) is -0.437. The van der Waals surface area contributed by atoms with Crippen molar-refractivity contribution in [1.82, 2.24) is 15.3 Å². The molecule has 5 nitrogen and oxygen atoms in total. The van der Waals surface area contributed by atoms with Crippen molar-refractivity contribution in [2.45, 2.75) is 31.3 Å². The molecule has 0 aliphatic carbocycles. The molecule has 0 fully saturated rings. The van der Waals surface area contributed by atoms with E-state index in [1.165, 1.54) is 17.8 Å². The number of amides is 1. The van der Waals surface area contributed by atoms with E-state index < -0.39 is 0 Å². The fourth-order valence-electron chi connectivity index (χ4n) is 2.34. The molecule has 0 unspecified atom stereocenters. The lowest BCUT2D eigenvalue weighted by atomic mass is 10.1. The largest absolute Gasteiger partial charge is 0.356 e. The Morgan fingerprint density at radius 2 is 2.08 bits per heavy atom. The molecule has 0 atom stereocenters. The molecular formula is C17H20FN3O2S. The highest BCUT2D eigenvalue weighted by atomic mass is 32.2. The molecule has 1 heterocycles. The number of benzene rings is 1. The molecule has 0 bridgehead atoms. The van der Waals surface area contributed by atoms with Crippen molar-refractivity contribution >= 4 is 17.7 Å². The Labute approximate surface area is 144 Å². The molecule has 1 amide bonds. The van der Waals surface area contributed by atoms with Gasteiger partial charge in [-0.1, -0.05) is 30.0 Å². The number of hydrogen-bond donors (Lipinski definition) is 2. The third kappa shape index (κ3) is 4.92. The van der Waals surface area contributed by atoms with Crippen molar-refractivity contribution in [2.75, 3.05) is 12.8 Å². The Morgan fingerprint density at radius 3 is 2.75 bits per heavy atom. The first-order chi connectivity index (χ1) is 11.5. The smallest absolute Gasteiger partial charge is 0.254 e. The SMILES string of the molecule is CSc1nc(C)c(CCC(=O)NCCc2ccccc2F)c(=O)[nH]1. The molecule has 2 N–H and O–H groups in total. The molecule has 2 rings (SSSR count). The summed E-state index contributed by atoms with van der Waals surface area (Å²) in [5.41, 5.74) is 1.53. The number of H-pyrrole nitrogens is 1. The quantitative estimate of drug-likeness (QED) is 0.594. The van der Waals surface area contributed by atoms with Gasteiger partial charge in [0, 0.05) is 24.2 Å². The minimum atomic E-state index is -0.270. The molecular weight excluding hydrogens is 329 g/mol. The van der Waals surface area contributed by atoms with Gasteiger partial charge in [-0.25, -0.2) is 9.37 Å². The molecule has 2 aromatic rings. The van der Waals surface area contributed by atoms with E-state index in [0.29, 0.717) is 41.4 Å². The van der Waals surface area contributed by atoms with Gasteiger partial charge in [0.2, 0.25) is 5.91 Å². The van der Waals surface area contributed by atoms with Crippen LogP contribution in [0.3, 0.4) is 0 Å². The lowest BCUT2D eigenvalue weighted by Crippen LogP contribution is -2.27. The normalized spacial score (nSPS) is 10.6. The van der Waals surface area contributed by atoms with Gasteiger partial charge in [0.1, 0.15) is 5.82 Å². The van der Waals surface area contributed by atoms with E-state index >= 15 is 0 Å². The van der Waals surface area contributed by atoms with Crippen LogP contribution < -0.4 is 10.9 Å². The highest BCUT2D eigenvalue weighted by Gasteiger charge is 2.10. The van der Waals surface area contributed by atoms with Crippen LogP contribution >= 0.6 is 11.8 Å². The van der Waals surface area contributed by atoms with Gasteiger partial charge >= 0.3 is 0 Å². The van der Waals surface area contributed by atoms with Crippen molar-refractivity contribution in [3.63, 3.8) is 0 Å². The molecule has 0 radical (unpaired) electrons. The Kier molecular flexibility index (Phi) is 6.54. The number of aromatic nitrogens is 2. The van der Waals surface area contributed by atoms with E-state index in [1.807, 2.05) is 6.26 Å². The first kappa shape index (κ1) is 18.2. The second-order valence-corrected chi connectivity index (χ2v) is 6.13. The molecule has 1 aromatic carbocycles. The van der Waals surface area contributed by atoms with Crippen LogP contribution in [-0.4, -0.2) is 28.7 Å². The zero-order valence-corrected chi connectivity index (χ0v) is 14.5. The summed E-state index contributed by atoms with van der Waals surface area (Å²) < 4.78 is 13.5. The third-order valence-electron chi connectivity index (χ3n) is 3.67. The van der Waals surface area contributed by atoms with Crippen molar-refractivity contribution < 1.29 is 9.18 Å². The van der Waals surface area contributed by atoms with Crippen molar-refractivity contribution in [1.29, 1.82) is 0 Å². The summed E-state index contributed by atoms with van der Waals surface area (Å²) in [6.07, 6.45) is 2.79. The highest BCUT2D eigenvalue weighted by molar-refractivity contribution is 7.98. The topological polar surface area (TPSA) is 74.8 Å². The molecule has 0 spiro atoms. The standard InChI is InChI=1S/C17H20FN3O2S/c1-11-13(16(23)21-17(20-11)24-2)7-8-15(22)19-10-9-12-5-3-4-6-14(12)18/h3-6H,7-10H2,1-2H3,(H,19,22)(H,20,21,23). The van der Waals surface area contributed by atoms with Crippen LogP contribution in [0.25, 0.3) is 0 Å². The summed E-state index contributed by atoms with van der Waals surface area (Å²) in [6, 6.07) is 6.50. The van der Waals surface area contributed by atoms with Crippen LogP contribution in [-0.2, 0) is 17.6 Å². The molecule has 128 valence electrons. The van der Waals surface area contributed by atoms with Gasteiger partial charge in [-0.05, 0) is 37.7 Å². The molecule has 0 aliphatic rings. The molecule has 7 heteroatoms. The minimum absolute atomic E-state index is 0.168. The molecule has 1 aromatic heterocycles. The second-order valence-electron chi connectivity index (χ2n) is 5.33. The van der Waals surface area contributed by atoms with Gasteiger partial charge in [0.05, 0.1) is 0 Å². The summed E-state index contributed by atoms with van der Waals surface area (Å²) in [5, 5.41) is 3.31. The summed E-state index contributed by atoms with van der Waals surface area (Å²) >= 11 is 1.36. The summed E-state index contributed by atoms with van der Waals surface area (Å²) in [6.45, 7) is 2.12. The zero-order valence-electron chi connectivity index (χ0n) is 13.7. The Bertz CT molecular complexity index is 777. The van der Waals surface area contributed by atoms with E-state index in [9.17, 15) is 14.0 Å². The molecule has 0 saturated carbocycles. The van der Waals surface area contributed by atoms with Crippen LogP contribution in [0.4, 0.5) is 4.39 Å². The Morgan fingerprint density at radius 1 is 1.33 bits per heavy atom. The van der Waals surface area contributed by atoms with Crippen LogP contribution in [0.5, 0.6) is 0 Å². The molecule has 24 heavy (non-hydrogen) atoms. The van der Waals surface area contributed by atoms with Gasteiger partial charge in [-0.3, -0.25) is 9.59 Å². The summed E-state index contributed by atoms with van der Waals surface area (Å²) in [4.78, 5) is 30.8. The third-order valence-corrected chi connectivity index (χ3v) is 4.25. The maximum atomic E-state index is 13.5. The van der Waals surface area contributed by atoms with Crippen LogP contribution in [0.2, 0.25) is 0 Å². The maximum absolute atomic E-state index is 13.5. The number of nitrogens with one attached hydrogen (secondary N) is 2. The van der Waals surface area contributed by atoms with Crippen LogP contribution in [0, 0.1) is 12.7 Å². The second kappa shape index (κ2) is 8.63. The highest BCUT2D eigenvalue weighted by Crippen LogP contribution is 2.09. The van der Waals surface area contributed by atoms with Crippen LogP contribution in [0.15, 0.2) is 34.2 Å². The molecule has 0 saturated heterocycles. The lowest BCUT2D eigenvalue weighted by Gasteiger charge is -2.08. The number of carbonyl (C=O) groups is 1. The predicted octanol–water partition coefficient (Wildman–Crippen LogP) is 2.23. The zero-order chi connectivity index (χ0) is 17.5. The van der Waals surface area contributed by atoms with E-state index in [1.54, 1.807) is 25.1 Å².